The first-order valence-corrected chi connectivity index (χ1v) is 5.02. The molecule has 4 N–H and O–H groups in total. The quantitative estimate of drug-likeness (QED) is 0.736. The molecular formula is C10H28FN3O. The second-order valence-electron chi connectivity index (χ2n) is 2.97. The Morgan fingerprint density at radius 3 is 2.47 bits per heavy atom. The Kier molecular flexibility index (Phi) is 9.61. The third kappa shape index (κ3) is 4.57. The lowest BCUT2D eigenvalue weighted by atomic mass is 10.2. The van der Waals surface area contributed by atoms with Crippen LogP contribution in [0.15, 0.2) is 0 Å². The SMILES string of the molecule is C.CC.NCC(=O)N1C[C@@H](F)C[C@H]1CN.[HH].[HH]. The van der Waals surface area contributed by atoms with E-state index >= 15 is 0 Å². The maximum absolute atomic E-state index is 12.8. The Labute approximate surface area is 94.8 Å². The number of hydrogen-bond donors (Lipinski definition) is 2. The Balaban J connectivity index is -0.000000160. The second-order valence-corrected chi connectivity index (χ2v) is 2.97. The topological polar surface area (TPSA) is 72.4 Å². The normalized spacial score (nSPS) is 23.9. The van der Waals surface area contributed by atoms with Gasteiger partial charge >= 0.3 is 0 Å². The molecule has 0 spiro atoms. The molecule has 15 heavy (non-hydrogen) atoms. The van der Waals surface area contributed by atoms with Gasteiger partial charge in [0.2, 0.25) is 5.91 Å². The number of likely N-dealkylation sites (tertiary alicyclic amines) is 1. The van der Waals surface area contributed by atoms with Gasteiger partial charge in [-0.05, 0) is 0 Å². The fraction of sp³-hybridized carbons (Fsp3) is 0.900. The summed E-state index contributed by atoms with van der Waals surface area (Å²) in [4.78, 5) is 12.5. The van der Waals surface area contributed by atoms with Gasteiger partial charge in [-0.15, -0.1) is 0 Å². The van der Waals surface area contributed by atoms with Gasteiger partial charge in [-0.2, -0.15) is 0 Å². The number of amides is 1. The van der Waals surface area contributed by atoms with Crippen molar-refractivity contribution >= 4 is 5.91 Å². The molecular weight excluding hydrogens is 197 g/mol. The zero-order valence-corrected chi connectivity index (χ0v) is 8.87. The summed E-state index contributed by atoms with van der Waals surface area (Å²) in [5.41, 5.74) is 10.5. The number of nitrogens with zero attached hydrogens (tertiary/aromatic N) is 1. The Hall–Kier alpha value is -0.680. The number of halogens is 1. The van der Waals surface area contributed by atoms with Crippen LogP contribution < -0.4 is 11.5 Å². The van der Waals surface area contributed by atoms with Crippen LogP contribution >= 0.6 is 0 Å². The first-order valence-electron chi connectivity index (χ1n) is 5.02. The van der Waals surface area contributed by atoms with Crippen molar-refractivity contribution in [2.24, 2.45) is 11.5 Å². The Morgan fingerprint density at radius 2 is 2.07 bits per heavy atom. The van der Waals surface area contributed by atoms with Crippen LogP contribution in [0.4, 0.5) is 4.39 Å². The van der Waals surface area contributed by atoms with Gasteiger partial charge in [0.1, 0.15) is 6.17 Å². The molecule has 1 amide bonds. The summed E-state index contributed by atoms with van der Waals surface area (Å²) in [7, 11) is 0. The maximum Gasteiger partial charge on any atom is 0.236 e. The van der Waals surface area contributed by atoms with E-state index < -0.39 is 6.17 Å². The molecule has 1 aliphatic heterocycles. The van der Waals surface area contributed by atoms with Crippen LogP contribution in [0, 0.1) is 0 Å². The molecule has 2 atom stereocenters. The minimum absolute atomic E-state index is 0. The van der Waals surface area contributed by atoms with E-state index in [1.54, 1.807) is 0 Å². The highest BCUT2D eigenvalue weighted by Gasteiger charge is 2.33. The average Bonchev–Trinajstić information content (AvgIpc) is 2.61. The lowest BCUT2D eigenvalue weighted by Gasteiger charge is -2.21. The van der Waals surface area contributed by atoms with E-state index in [1.165, 1.54) is 4.90 Å². The summed E-state index contributed by atoms with van der Waals surface area (Å²) in [5, 5.41) is 0. The van der Waals surface area contributed by atoms with Crippen molar-refractivity contribution in [3.8, 4) is 0 Å². The first kappa shape index (κ1) is 16.7. The maximum atomic E-state index is 12.8. The van der Waals surface area contributed by atoms with E-state index in [2.05, 4.69) is 0 Å². The van der Waals surface area contributed by atoms with Crippen LogP contribution in [0.3, 0.4) is 0 Å². The molecule has 1 saturated heterocycles. The lowest BCUT2D eigenvalue weighted by molar-refractivity contribution is -0.130. The fourth-order valence-corrected chi connectivity index (χ4v) is 1.51. The molecule has 4 nitrogen and oxygen atoms in total. The summed E-state index contributed by atoms with van der Waals surface area (Å²) in [5.74, 6) is -0.217. The molecule has 0 unspecified atom stereocenters. The van der Waals surface area contributed by atoms with Gasteiger partial charge in [0.25, 0.3) is 0 Å². The summed E-state index contributed by atoms with van der Waals surface area (Å²) in [6.07, 6.45) is -0.587. The van der Waals surface area contributed by atoms with Gasteiger partial charge < -0.3 is 16.4 Å². The number of carbonyl (C=O) groups is 1. The molecule has 0 saturated carbocycles. The van der Waals surface area contributed by atoms with Crippen molar-refractivity contribution in [2.75, 3.05) is 19.6 Å². The van der Waals surface area contributed by atoms with Gasteiger partial charge in [-0.3, -0.25) is 4.79 Å². The van der Waals surface area contributed by atoms with E-state index in [0.717, 1.165) is 0 Å². The summed E-state index contributed by atoms with van der Waals surface area (Å²) < 4.78 is 12.8. The first-order chi connectivity index (χ1) is 6.69. The van der Waals surface area contributed by atoms with Crippen LogP contribution in [0.1, 0.15) is 30.5 Å². The van der Waals surface area contributed by atoms with E-state index in [9.17, 15) is 9.18 Å². The Morgan fingerprint density at radius 1 is 1.53 bits per heavy atom. The smallest absolute Gasteiger partial charge is 0.236 e. The highest BCUT2D eigenvalue weighted by atomic mass is 19.1. The van der Waals surface area contributed by atoms with Gasteiger partial charge in [-0.25, -0.2) is 4.39 Å². The number of rotatable bonds is 2. The zero-order chi connectivity index (χ0) is 11.1. The third-order valence-corrected chi connectivity index (χ3v) is 2.13. The van der Waals surface area contributed by atoms with Crippen LogP contribution in [-0.2, 0) is 4.79 Å². The van der Waals surface area contributed by atoms with Gasteiger partial charge in [-0.1, -0.05) is 21.3 Å². The summed E-state index contributed by atoms with van der Waals surface area (Å²) in [6, 6.07) is -0.156. The average molecular weight is 225 g/mol. The lowest BCUT2D eigenvalue weighted by Crippen LogP contribution is -2.43. The van der Waals surface area contributed by atoms with Crippen LogP contribution in [0.2, 0.25) is 0 Å². The number of alkyl halides is 1. The molecule has 0 aromatic carbocycles. The van der Waals surface area contributed by atoms with E-state index in [-0.39, 0.29) is 35.3 Å². The van der Waals surface area contributed by atoms with E-state index in [4.69, 9.17) is 11.5 Å². The predicted molar refractivity (Wildman–Crippen MR) is 65.4 cm³/mol. The van der Waals surface area contributed by atoms with Crippen LogP contribution in [0.5, 0.6) is 0 Å². The largest absolute Gasteiger partial charge is 0.334 e. The molecule has 0 bridgehead atoms. The fourth-order valence-electron chi connectivity index (χ4n) is 1.51. The van der Waals surface area contributed by atoms with Crippen molar-refractivity contribution in [2.45, 2.75) is 39.9 Å². The molecule has 1 rings (SSSR count). The molecule has 0 aromatic rings. The number of nitrogens with two attached hydrogens (primary N) is 2. The molecule has 1 heterocycles. The minimum atomic E-state index is -0.936. The Bertz CT molecular complexity index is 187. The highest BCUT2D eigenvalue weighted by molar-refractivity contribution is 5.78. The predicted octanol–water partition coefficient (Wildman–Crippen LogP) is 0.997. The van der Waals surface area contributed by atoms with E-state index in [0.29, 0.717) is 13.0 Å². The van der Waals surface area contributed by atoms with E-state index in [1.807, 2.05) is 13.8 Å². The second kappa shape index (κ2) is 8.61. The summed E-state index contributed by atoms with van der Waals surface area (Å²) >= 11 is 0. The minimum Gasteiger partial charge on any atom is -0.334 e. The number of carbonyl (C=O) groups excluding carboxylic acids is 1. The third-order valence-electron chi connectivity index (χ3n) is 2.13. The van der Waals surface area contributed by atoms with Gasteiger partial charge in [0.05, 0.1) is 13.1 Å². The zero-order valence-electron chi connectivity index (χ0n) is 8.87. The highest BCUT2D eigenvalue weighted by Crippen LogP contribution is 2.19. The molecule has 1 fully saturated rings. The molecule has 1 aliphatic rings. The molecule has 0 aromatic heterocycles. The monoisotopic (exact) mass is 225 g/mol. The van der Waals surface area contributed by atoms with Gasteiger partial charge in [0, 0.05) is 21.9 Å². The molecule has 5 heteroatoms. The molecule has 0 radical (unpaired) electrons. The molecule has 96 valence electrons. The number of hydrogen-bond acceptors (Lipinski definition) is 3. The van der Waals surface area contributed by atoms with Crippen LogP contribution in [0.25, 0.3) is 0 Å². The van der Waals surface area contributed by atoms with Crippen LogP contribution in [-0.4, -0.2) is 42.7 Å². The van der Waals surface area contributed by atoms with Crippen molar-refractivity contribution in [1.82, 2.24) is 4.90 Å². The van der Waals surface area contributed by atoms with Crippen molar-refractivity contribution in [3.63, 3.8) is 0 Å². The standard InChI is InChI=1S/C7H14FN3O.C2H6.CH4.2H2/c8-5-1-6(2-9)11(4-5)7(12)3-10;1-2;;;/h5-6H,1-4,9-10H2;1-2H3;1H4;2*1H/t5-,6-;;;;/m0..../s1. The van der Waals surface area contributed by atoms with Crippen molar-refractivity contribution in [3.05, 3.63) is 0 Å². The van der Waals surface area contributed by atoms with Crippen molar-refractivity contribution in [1.29, 1.82) is 0 Å². The summed E-state index contributed by atoms with van der Waals surface area (Å²) in [6.45, 7) is 4.40. The van der Waals surface area contributed by atoms with Crippen molar-refractivity contribution < 1.29 is 12.0 Å². The van der Waals surface area contributed by atoms with Gasteiger partial charge in [0.15, 0.2) is 0 Å². The molecule has 0 aliphatic carbocycles.